The van der Waals surface area contributed by atoms with Gasteiger partial charge < -0.3 is 4.90 Å². The zero-order valence-electron chi connectivity index (χ0n) is 8.26. The molecule has 0 fully saturated rings. The molecule has 0 bridgehead atoms. The first-order chi connectivity index (χ1) is 7.45. The molecule has 0 saturated carbocycles. The van der Waals surface area contributed by atoms with Crippen molar-refractivity contribution in [2.75, 3.05) is 13.1 Å². The minimum Gasteiger partial charge on any atom is -0.303 e. The molecule has 0 amide bonds. The van der Waals surface area contributed by atoms with Crippen molar-refractivity contribution in [3.05, 3.63) is 35.9 Å². The van der Waals surface area contributed by atoms with E-state index in [0.717, 1.165) is 30.5 Å². The van der Waals surface area contributed by atoms with Crippen molar-refractivity contribution < 1.29 is 0 Å². The van der Waals surface area contributed by atoms with Gasteiger partial charge in [-0.2, -0.15) is 4.40 Å². The van der Waals surface area contributed by atoms with Crippen LogP contribution in [-0.4, -0.2) is 29.0 Å². The molecule has 1 aromatic rings. The van der Waals surface area contributed by atoms with E-state index < -0.39 is 0 Å². The second-order valence-electron chi connectivity index (χ2n) is 3.54. The van der Waals surface area contributed by atoms with E-state index in [1.54, 1.807) is 0 Å². The van der Waals surface area contributed by atoms with Gasteiger partial charge in [0.15, 0.2) is 11.0 Å². The van der Waals surface area contributed by atoms with Crippen LogP contribution in [0, 0.1) is 0 Å². The summed E-state index contributed by atoms with van der Waals surface area (Å²) in [5.41, 5.74) is 1.18. The summed E-state index contributed by atoms with van der Waals surface area (Å²) >= 11 is 1.49. The second kappa shape index (κ2) is 3.70. The molecule has 0 spiro atoms. The Kier molecular flexibility index (Phi) is 2.21. The molecule has 1 aromatic carbocycles. The molecule has 0 radical (unpaired) electrons. The van der Waals surface area contributed by atoms with E-state index in [1.165, 1.54) is 17.5 Å². The summed E-state index contributed by atoms with van der Waals surface area (Å²) in [4.78, 5) is 6.67. The molecule has 76 valence electrons. The van der Waals surface area contributed by atoms with Crippen LogP contribution in [0.3, 0.4) is 0 Å². The Balaban J connectivity index is 1.95. The van der Waals surface area contributed by atoms with Crippen molar-refractivity contribution in [1.29, 1.82) is 0 Å². The van der Waals surface area contributed by atoms with Gasteiger partial charge in [-0.3, -0.25) is 4.99 Å². The van der Waals surface area contributed by atoms with Gasteiger partial charge in [-0.05, 0) is 6.42 Å². The van der Waals surface area contributed by atoms with Crippen molar-refractivity contribution in [2.45, 2.75) is 6.42 Å². The van der Waals surface area contributed by atoms with Crippen molar-refractivity contribution >= 4 is 23.0 Å². The molecule has 0 aromatic heterocycles. The second-order valence-corrected chi connectivity index (χ2v) is 4.27. The van der Waals surface area contributed by atoms with Crippen LogP contribution in [-0.2, 0) is 0 Å². The smallest absolute Gasteiger partial charge is 0.187 e. The predicted molar refractivity (Wildman–Crippen MR) is 64.2 cm³/mol. The van der Waals surface area contributed by atoms with Crippen LogP contribution in [0.15, 0.2) is 39.7 Å². The Morgan fingerprint density at radius 3 is 2.93 bits per heavy atom. The number of fused-ring (bicyclic) bond motifs is 1. The SMILES string of the molecule is c1ccc(C2=NSC3=NCCCN32)cc1. The fourth-order valence-corrected chi connectivity index (χ4v) is 2.59. The lowest BCUT2D eigenvalue weighted by Crippen LogP contribution is -2.35. The highest BCUT2D eigenvalue weighted by molar-refractivity contribution is 8.13. The molecule has 3 rings (SSSR count). The molecular formula is C11H11N3S. The minimum atomic E-state index is 0.941. The molecule has 15 heavy (non-hydrogen) atoms. The first-order valence-corrected chi connectivity index (χ1v) is 5.85. The fraction of sp³-hybridized carbons (Fsp3) is 0.273. The molecular weight excluding hydrogens is 206 g/mol. The average molecular weight is 217 g/mol. The van der Waals surface area contributed by atoms with Crippen LogP contribution in [0.25, 0.3) is 0 Å². The third kappa shape index (κ3) is 1.55. The van der Waals surface area contributed by atoms with Crippen LogP contribution in [0.2, 0.25) is 0 Å². The van der Waals surface area contributed by atoms with Crippen LogP contribution >= 0.6 is 11.9 Å². The third-order valence-electron chi connectivity index (χ3n) is 2.52. The summed E-state index contributed by atoms with van der Waals surface area (Å²) in [6.45, 7) is 1.98. The van der Waals surface area contributed by atoms with E-state index in [9.17, 15) is 0 Å². The maximum atomic E-state index is 4.48. The lowest BCUT2D eigenvalue weighted by atomic mass is 10.2. The monoisotopic (exact) mass is 217 g/mol. The predicted octanol–water partition coefficient (Wildman–Crippen LogP) is 2.16. The van der Waals surface area contributed by atoms with Crippen LogP contribution < -0.4 is 0 Å². The maximum Gasteiger partial charge on any atom is 0.187 e. The van der Waals surface area contributed by atoms with Crippen molar-refractivity contribution in [1.82, 2.24) is 4.90 Å². The van der Waals surface area contributed by atoms with Gasteiger partial charge in [-0.15, -0.1) is 0 Å². The normalized spacial score (nSPS) is 19.6. The van der Waals surface area contributed by atoms with Crippen LogP contribution in [0.4, 0.5) is 0 Å². The average Bonchev–Trinajstić information content (AvgIpc) is 2.74. The number of hydrogen-bond donors (Lipinski definition) is 0. The first kappa shape index (κ1) is 8.97. The Morgan fingerprint density at radius 1 is 1.20 bits per heavy atom. The molecule has 0 saturated heterocycles. The summed E-state index contributed by atoms with van der Waals surface area (Å²) < 4.78 is 4.48. The Hall–Kier alpha value is -1.29. The summed E-state index contributed by atoms with van der Waals surface area (Å²) in [5, 5.41) is 1.06. The molecule has 2 aliphatic rings. The van der Waals surface area contributed by atoms with Crippen molar-refractivity contribution in [3.8, 4) is 0 Å². The standard InChI is InChI=1S/C11H11N3S/c1-2-5-9(6-3-1)10-13-15-11-12-7-4-8-14(10)11/h1-3,5-6H,4,7-8H2. The fourth-order valence-electron chi connectivity index (χ4n) is 1.79. The maximum absolute atomic E-state index is 4.48. The van der Waals surface area contributed by atoms with Gasteiger partial charge in [-0.25, -0.2) is 0 Å². The number of benzene rings is 1. The molecule has 0 unspecified atom stereocenters. The van der Waals surface area contributed by atoms with Crippen molar-refractivity contribution in [3.63, 3.8) is 0 Å². The lowest BCUT2D eigenvalue weighted by molar-refractivity contribution is 0.564. The van der Waals surface area contributed by atoms with E-state index >= 15 is 0 Å². The van der Waals surface area contributed by atoms with E-state index in [-0.39, 0.29) is 0 Å². The van der Waals surface area contributed by atoms with Gasteiger partial charge in [0.1, 0.15) is 0 Å². The number of amidine groups is 2. The third-order valence-corrected chi connectivity index (χ3v) is 3.30. The number of rotatable bonds is 1. The lowest BCUT2D eigenvalue weighted by Gasteiger charge is -2.23. The highest BCUT2D eigenvalue weighted by Crippen LogP contribution is 2.26. The minimum absolute atomic E-state index is 0.941. The van der Waals surface area contributed by atoms with Gasteiger partial charge in [0.05, 0.1) is 11.9 Å². The summed E-state index contributed by atoms with van der Waals surface area (Å²) in [5.74, 6) is 1.05. The van der Waals surface area contributed by atoms with E-state index in [0.29, 0.717) is 0 Å². The molecule has 2 aliphatic heterocycles. The Labute approximate surface area is 93.1 Å². The number of hydrogen-bond acceptors (Lipinski definition) is 4. The molecule has 3 nitrogen and oxygen atoms in total. The van der Waals surface area contributed by atoms with Gasteiger partial charge in [0, 0.05) is 18.7 Å². The van der Waals surface area contributed by atoms with Crippen LogP contribution in [0.1, 0.15) is 12.0 Å². The molecule has 2 heterocycles. The summed E-state index contributed by atoms with van der Waals surface area (Å²) in [6, 6.07) is 10.3. The zero-order valence-corrected chi connectivity index (χ0v) is 9.07. The summed E-state index contributed by atoms with van der Waals surface area (Å²) in [6.07, 6.45) is 1.12. The van der Waals surface area contributed by atoms with Gasteiger partial charge in [0.2, 0.25) is 0 Å². The largest absolute Gasteiger partial charge is 0.303 e. The van der Waals surface area contributed by atoms with E-state index in [4.69, 9.17) is 0 Å². The highest BCUT2D eigenvalue weighted by atomic mass is 32.2. The van der Waals surface area contributed by atoms with E-state index in [1.807, 2.05) is 18.2 Å². The summed E-state index contributed by atoms with van der Waals surface area (Å²) in [7, 11) is 0. The Bertz CT molecular complexity index is 425. The Morgan fingerprint density at radius 2 is 2.07 bits per heavy atom. The van der Waals surface area contributed by atoms with Crippen molar-refractivity contribution in [2.24, 2.45) is 9.39 Å². The molecule has 0 N–H and O–H groups in total. The van der Waals surface area contributed by atoms with Gasteiger partial charge in [-0.1, -0.05) is 30.3 Å². The first-order valence-electron chi connectivity index (χ1n) is 5.07. The topological polar surface area (TPSA) is 28.0 Å². The number of nitrogens with zero attached hydrogens (tertiary/aromatic N) is 3. The quantitative estimate of drug-likeness (QED) is 0.674. The van der Waals surface area contributed by atoms with Gasteiger partial charge in [0.25, 0.3) is 0 Å². The molecule has 4 heteroatoms. The number of aliphatic imine (C=N–C) groups is 1. The van der Waals surface area contributed by atoms with E-state index in [2.05, 4.69) is 26.4 Å². The molecule has 0 atom stereocenters. The molecule has 0 aliphatic carbocycles. The zero-order chi connectivity index (χ0) is 10.1. The highest BCUT2D eigenvalue weighted by Gasteiger charge is 2.27. The van der Waals surface area contributed by atoms with Crippen LogP contribution in [0.5, 0.6) is 0 Å². The van der Waals surface area contributed by atoms with Gasteiger partial charge >= 0.3 is 0 Å².